The first-order chi connectivity index (χ1) is 17.0. The van der Waals surface area contributed by atoms with Gasteiger partial charge >= 0.3 is 6.03 Å². The fourth-order valence-electron chi connectivity index (χ4n) is 4.71. The standard InChI is InChI=1S/C25H40N4O6S/c1-17-14-29(18(2)16-30)24(31)13-19-12-21(27-25(32)26-20-8-6-5-7-9-20)10-11-22(19)35-23(17)15-28(3)36(4,33)34/h10-12,17-18,20,23,30H,5-9,13-16H2,1-4H3,(H2,26,27,32)/t17-,18-,23+/m1/s1. The smallest absolute Gasteiger partial charge is 0.319 e. The number of hydrogen-bond donors (Lipinski definition) is 3. The van der Waals surface area contributed by atoms with Crippen LogP contribution in [0.4, 0.5) is 10.5 Å². The van der Waals surface area contributed by atoms with Gasteiger partial charge in [0.15, 0.2) is 0 Å². The van der Waals surface area contributed by atoms with E-state index in [1.165, 1.54) is 17.8 Å². The minimum Gasteiger partial charge on any atom is -0.488 e. The second kappa shape index (κ2) is 12.2. The Morgan fingerprint density at radius 2 is 1.97 bits per heavy atom. The molecular formula is C25H40N4O6S. The molecule has 11 heteroatoms. The first kappa shape index (κ1) is 28.2. The average molecular weight is 525 g/mol. The summed E-state index contributed by atoms with van der Waals surface area (Å²) in [5.41, 5.74) is 1.13. The van der Waals surface area contributed by atoms with E-state index in [9.17, 15) is 23.1 Å². The molecule has 1 saturated carbocycles. The minimum atomic E-state index is -3.43. The number of aliphatic hydroxyl groups excluding tert-OH is 1. The zero-order valence-electron chi connectivity index (χ0n) is 21.7. The maximum absolute atomic E-state index is 13.3. The number of ether oxygens (including phenoxy) is 1. The van der Waals surface area contributed by atoms with Gasteiger partial charge < -0.3 is 25.4 Å². The van der Waals surface area contributed by atoms with Crippen LogP contribution >= 0.6 is 0 Å². The molecule has 3 N–H and O–H groups in total. The molecule has 1 aliphatic heterocycles. The van der Waals surface area contributed by atoms with Gasteiger partial charge in [0.05, 0.1) is 31.9 Å². The number of amides is 3. The van der Waals surface area contributed by atoms with Gasteiger partial charge in [-0.3, -0.25) is 4.79 Å². The first-order valence-electron chi connectivity index (χ1n) is 12.7. The summed E-state index contributed by atoms with van der Waals surface area (Å²) in [7, 11) is -1.94. The number of nitrogens with zero attached hydrogens (tertiary/aromatic N) is 2. The highest BCUT2D eigenvalue weighted by Crippen LogP contribution is 2.29. The predicted octanol–water partition coefficient (Wildman–Crippen LogP) is 2.18. The Labute approximate surface area is 214 Å². The zero-order chi connectivity index (χ0) is 26.5. The Kier molecular flexibility index (Phi) is 9.59. The molecule has 1 fully saturated rings. The molecule has 0 aromatic heterocycles. The quantitative estimate of drug-likeness (QED) is 0.502. The van der Waals surface area contributed by atoms with Crippen molar-refractivity contribution < 1.29 is 27.9 Å². The largest absolute Gasteiger partial charge is 0.488 e. The van der Waals surface area contributed by atoms with E-state index in [1.54, 1.807) is 30.0 Å². The number of carbonyl (C=O) groups excluding carboxylic acids is 2. The van der Waals surface area contributed by atoms with Crippen LogP contribution in [0, 0.1) is 5.92 Å². The molecule has 202 valence electrons. The third-order valence-electron chi connectivity index (χ3n) is 7.12. The van der Waals surface area contributed by atoms with Gasteiger partial charge in [-0.05, 0) is 38.0 Å². The molecule has 2 aliphatic rings. The van der Waals surface area contributed by atoms with Crippen molar-refractivity contribution in [3.8, 4) is 5.75 Å². The third-order valence-corrected chi connectivity index (χ3v) is 8.40. The molecule has 0 spiro atoms. The number of urea groups is 1. The highest BCUT2D eigenvalue weighted by molar-refractivity contribution is 7.88. The van der Waals surface area contributed by atoms with Crippen LogP contribution in [0.1, 0.15) is 51.5 Å². The molecule has 3 amide bonds. The van der Waals surface area contributed by atoms with E-state index in [-0.39, 0.29) is 43.5 Å². The van der Waals surface area contributed by atoms with E-state index in [0.29, 0.717) is 23.5 Å². The van der Waals surface area contributed by atoms with Crippen LogP contribution < -0.4 is 15.4 Å². The summed E-state index contributed by atoms with van der Waals surface area (Å²) in [6, 6.07) is 4.63. The topological polar surface area (TPSA) is 128 Å². The Morgan fingerprint density at radius 1 is 1.28 bits per heavy atom. The number of fused-ring (bicyclic) bond motifs is 1. The number of benzene rings is 1. The lowest BCUT2D eigenvalue weighted by Crippen LogP contribution is -2.48. The van der Waals surface area contributed by atoms with Crippen molar-refractivity contribution in [1.82, 2.24) is 14.5 Å². The lowest BCUT2D eigenvalue weighted by molar-refractivity contribution is -0.134. The van der Waals surface area contributed by atoms with Gasteiger partial charge in [0.1, 0.15) is 11.9 Å². The molecule has 0 unspecified atom stereocenters. The maximum Gasteiger partial charge on any atom is 0.319 e. The van der Waals surface area contributed by atoms with Crippen LogP contribution in [0.25, 0.3) is 0 Å². The molecule has 36 heavy (non-hydrogen) atoms. The van der Waals surface area contributed by atoms with Gasteiger partial charge in [-0.25, -0.2) is 17.5 Å². The highest BCUT2D eigenvalue weighted by Gasteiger charge is 2.32. The number of nitrogens with one attached hydrogen (secondary N) is 2. The Morgan fingerprint density at radius 3 is 2.61 bits per heavy atom. The highest BCUT2D eigenvalue weighted by atomic mass is 32.2. The van der Waals surface area contributed by atoms with E-state index in [1.807, 2.05) is 6.92 Å². The monoisotopic (exact) mass is 524 g/mol. The summed E-state index contributed by atoms with van der Waals surface area (Å²) < 4.78 is 31.7. The van der Waals surface area contributed by atoms with Gasteiger partial charge in [0.2, 0.25) is 15.9 Å². The first-order valence-corrected chi connectivity index (χ1v) is 14.5. The van der Waals surface area contributed by atoms with Crippen molar-refractivity contribution in [1.29, 1.82) is 0 Å². The van der Waals surface area contributed by atoms with Crippen LogP contribution in [0.15, 0.2) is 18.2 Å². The Balaban J connectivity index is 1.86. The summed E-state index contributed by atoms with van der Waals surface area (Å²) in [6.45, 7) is 3.91. The summed E-state index contributed by atoms with van der Waals surface area (Å²) >= 11 is 0. The molecule has 0 saturated heterocycles. The molecular weight excluding hydrogens is 484 g/mol. The molecule has 3 rings (SSSR count). The Bertz CT molecular complexity index is 1030. The minimum absolute atomic E-state index is 0.0286. The lowest BCUT2D eigenvalue weighted by Gasteiger charge is -2.33. The van der Waals surface area contributed by atoms with Gasteiger partial charge in [0, 0.05) is 36.8 Å². The normalized spacial score (nSPS) is 22.6. The molecule has 1 aliphatic carbocycles. The van der Waals surface area contributed by atoms with Crippen molar-refractivity contribution in [2.24, 2.45) is 5.92 Å². The SMILES string of the molecule is C[C@@H]1CN([C@H](C)CO)C(=O)Cc2cc(NC(=O)NC3CCCCC3)ccc2O[C@H]1CN(C)S(C)(=O)=O. The number of hydrogen-bond acceptors (Lipinski definition) is 6. The van der Waals surface area contributed by atoms with Crippen molar-refractivity contribution >= 4 is 27.6 Å². The van der Waals surface area contributed by atoms with E-state index >= 15 is 0 Å². The predicted molar refractivity (Wildman–Crippen MR) is 138 cm³/mol. The maximum atomic E-state index is 13.3. The average Bonchev–Trinajstić information content (AvgIpc) is 2.86. The lowest BCUT2D eigenvalue weighted by atomic mass is 9.96. The van der Waals surface area contributed by atoms with E-state index in [0.717, 1.165) is 31.9 Å². The van der Waals surface area contributed by atoms with Crippen LogP contribution in [0.2, 0.25) is 0 Å². The Hall–Kier alpha value is -2.37. The molecule has 3 atom stereocenters. The van der Waals surface area contributed by atoms with Crippen molar-refractivity contribution in [2.45, 2.75) is 70.6 Å². The van der Waals surface area contributed by atoms with Crippen LogP contribution in [-0.2, 0) is 21.2 Å². The van der Waals surface area contributed by atoms with Crippen LogP contribution in [0.3, 0.4) is 0 Å². The molecule has 10 nitrogen and oxygen atoms in total. The van der Waals surface area contributed by atoms with Gasteiger partial charge in [0.25, 0.3) is 0 Å². The van der Waals surface area contributed by atoms with Crippen molar-refractivity contribution in [3.05, 3.63) is 23.8 Å². The molecule has 0 radical (unpaired) electrons. The zero-order valence-corrected chi connectivity index (χ0v) is 22.5. The second-order valence-corrected chi connectivity index (χ2v) is 12.3. The number of sulfonamides is 1. The fourth-order valence-corrected chi connectivity index (χ4v) is 5.13. The number of rotatable bonds is 7. The van der Waals surface area contributed by atoms with Crippen LogP contribution in [-0.4, -0.2) is 85.9 Å². The van der Waals surface area contributed by atoms with E-state index < -0.39 is 22.2 Å². The fraction of sp³-hybridized carbons (Fsp3) is 0.680. The number of aliphatic hydroxyl groups is 1. The summed E-state index contributed by atoms with van der Waals surface area (Å²) in [4.78, 5) is 27.4. The van der Waals surface area contributed by atoms with Crippen LogP contribution in [0.5, 0.6) is 5.75 Å². The number of anilines is 1. The number of likely N-dealkylation sites (N-methyl/N-ethyl adjacent to an activating group) is 1. The van der Waals surface area contributed by atoms with Crippen molar-refractivity contribution in [3.63, 3.8) is 0 Å². The summed E-state index contributed by atoms with van der Waals surface area (Å²) in [6.07, 6.45) is 6.00. The molecule has 1 aromatic rings. The molecule has 0 bridgehead atoms. The molecule has 1 aromatic carbocycles. The van der Waals surface area contributed by atoms with E-state index in [4.69, 9.17) is 4.74 Å². The molecule has 1 heterocycles. The number of carbonyl (C=O) groups is 2. The van der Waals surface area contributed by atoms with E-state index in [2.05, 4.69) is 10.6 Å². The van der Waals surface area contributed by atoms with Gasteiger partial charge in [-0.2, -0.15) is 0 Å². The van der Waals surface area contributed by atoms with Crippen molar-refractivity contribution in [2.75, 3.05) is 38.3 Å². The summed E-state index contributed by atoms with van der Waals surface area (Å²) in [5, 5.41) is 15.6. The summed E-state index contributed by atoms with van der Waals surface area (Å²) in [5.74, 6) is 0.0881. The third kappa shape index (κ3) is 7.57. The van der Waals surface area contributed by atoms with Gasteiger partial charge in [-0.1, -0.05) is 26.2 Å². The second-order valence-electron chi connectivity index (χ2n) is 10.2. The van der Waals surface area contributed by atoms with Gasteiger partial charge in [-0.15, -0.1) is 0 Å².